The van der Waals surface area contributed by atoms with Crippen LogP contribution in [-0.4, -0.2) is 78.3 Å². The predicted octanol–water partition coefficient (Wildman–Crippen LogP) is 1.66. The van der Waals surface area contributed by atoms with Crippen molar-refractivity contribution >= 4 is 32.8 Å². The fourth-order valence-electron chi connectivity index (χ4n) is 3.86. The van der Waals surface area contributed by atoms with E-state index in [-0.39, 0.29) is 10.8 Å². The average molecular weight is 443 g/mol. The molecule has 0 N–H and O–H groups in total. The van der Waals surface area contributed by atoms with Crippen LogP contribution in [0.15, 0.2) is 47.6 Å². The first-order chi connectivity index (χ1) is 14.8. The van der Waals surface area contributed by atoms with Crippen molar-refractivity contribution in [2.45, 2.75) is 18.4 Å². The Bertz CT molecular complexity index is 1200. The lowest BCUT2D eigenvalue weighted by Crippen LogP contribution is -2.49. The van der Waals surface area contributed by atoms with Crippen molar-refractivity contribution in [3.63, 3.8) is 0 Å². The van der Waals surface area contributed by atoms with Crippen LogP contribution < -0.4 is 4.90 Å². The second kappa shape index (κ2) is 8.27. The molecule has 4 rings (SSSR count). The lowest BCUT2D eigenvalue weighted by atomic mass is 10.2. The Labute approximate surface area is 182 Å². The number of rotatable bonds is 5. The molecule has 10 heteroatoms. The van der Waals surface area contributed by atoms with Gasteiger partial charge in [-0.05, 0) is 37.3 Å². The van der Waals surface area contributed by atoms with Gasteiger partial charge in [0.25, 0.3) is 5.91 Å². The molecule has 0 aliphatic carbocycles. The molecule has 1 amide bonds. The molecule has 31 heavy (non-hydrogen) atoms. The van der Waals surface area contributed by atoms with Gasteiger partial charge < -0.3 is 14.4 Å². The fraction of sp³-hybridized carbons (Fsp3) is 0.381. The molecule has 164 valence electrons. The second-order valence-corrected chi connectivity index (χ2v) is 9.76. The number of aromatic nitrogens is 3. The van der Waals surface area contributed by atoms with Crippen molar-refractivity contribution < 1.29 is 13.2 Å². The van der Waals surface area contributed by atoms with Crippen molar-refractivity contribution in [3.8, 4) is 0 Å². The molecule has 0 spiro atoms. The minimum absolute atomic E-state index is 0.0521. The molecule has 3 aromatic rings. The summed E-state index contributed by atoms with van der Waals surface area (Å²) in [5.74, 6) is 0.621. The first-order valence-electron chi connectivity index (χ1n) is 10.2. The first-order valence-corrected chi connectivity index (χ1v) is 11.6. The molecule has 0 bridgehead atoms. The summed E-state index contributed by atoms with van der Waals surface area (Å²) in [5.41, 5.74) is 1.42. The molecule has 1 aliphatic rings. The van der Waals surface area contributed by atoms with Gasteiger partial charge in [-0.15, -0.1) is 0 Å². The number of amides is 1. The van der Waals surface area contributed by atoms with Gasteiger partial charge in [0.1, 0.15) is 5.69 Å². The van der Waals surface area contributed by atoms with Crippen LogP contribution in [0.3, 0.4) is 0 Å². The normalized spacial score (nSPS) is 15.1. The van der Waals surface area contributed by atoms with Gasteiger partial charge in [0, 0.05) is 70.1 Å². The van der Waals surface area contributed by atoms with Crippen LogP contribution in [0.25, 0.3) is 10.9 Å². The van der Waals surface area contributed by atoms with E-state index in [9.17, 15) is 13.2 Å². The van der Waals surface area contributed by atoms with Gasteiger partial charge in [-0.3, -0.25) is 4.79 Å². The number of nitrogens with zero attached hydrogens (tertiary/aromatic N) is 6. The van der Waals surface area contributed by atoms with Crippen LogP contribution in [0.4, 0.5) is 5.95 Å². The van der Waals surface area contributed by atoms with E-state index >= 15 is 0 Å². The number of sulfonamides is 1. The third-order valence-electron chi connectivity index (χ3n) is 5.59. The molecule has 9 nitrogen and oxygen atoms in total. The van der Waals surface area contributed by atoms with Gasteiger partial charge >= 0.3 is 0 Å². The highest BCUT2D eigenvalue weighted by Gasteiger charge is 2.26. The Morgan fingerprint density at radius 3 is 2.35 bits per heavy atom. The smallest absolute Gasteiger partial charge is 0.270 e. The highest BCUT2D eigenvalue weighted by Crippen LogP contribution is 2.26. The van der Waals surface area contributed by atoms with Gasteiger partial charge in [0.15, 0.2) is 0 Å². The van der Waals surface area contributed by atoms with Gasteiger partial charge in [-0.2, -0.15) is 0 Å². The number of carbonyl (C=O) groups is 1. The molecule has 0 unspecified atom stereocenters. The summed E-state index contributed by atoms with van der Waals surface area (Å²) in [6, 6.07) is 8.58. The standard InChI is InChI=1S/C21H26N6O3S/c1-4-27-18-7-6-17(31(29,30)24(2)3)14-16(18)15-19(27)20(28)25-10-12-26(13-11-25)21-22-8-5-9-23-21/h5-9,14-15H,4,10-13H2,1-3H3. The fourth-order valence-corrected chi connectivity index (χ4v) is 4.80. The van der Waals surface area contributed by atoms with Crippen LogP contribution >= 0.6 is 0 Å². The maximum absolute atomic E-state index is 13.3. The van der Waals surface area contributed by atoms with E-state index in [0.717, 1.165) is 10.9 Å². The zero-order valence-electron chi connectivity index (χ0n) is 17.9. The molecule has 0 radical (unpaired) electrons. The zero-order valence-corrected chi connectivity index (χ0v) is 18.7. The minimum Gasteiger partial charge on any atom is -0.337 e. The lowest BCUT2D eigenvalue weighted by Gasteiger charge is -2.34. The Balaban J connectivity index is 1.59. The van der Waals surface area contributed by atoms with Crippen molar-refractivity contribution in [2.24, 2.45) is 0 Å². The molecule has 0 saturated carbocycles. The van der Waals surface area contributed by atoms with Crippen molar-refractivity contribution in [2.75, 3.05) is 45.2 Å². The van der Waals surface area contributed by atoms with E-state index in [0.29, 0.717) is 44.4 Å². The number of fused-ring (bicyclic) bond motifs is 1. The third-order valence-corrected chi connectivity index (χ3v) is 7.40. The van der Waals surface area contributed by atoms with E-state index < -0.39 is 10.0 Å². The van der Waals surface area contributed by atoms with Crippen molar-refractivity contribution in [1.29, 1.82) is 0 Å². The number of piperazine rings is 1. The topological polar surface area (TPSA) is 91.6 Å². The summed E-state index contributed by atoms with van der Waals surface area (Å²) >= 11 is 0. The number of aryl methyl sites for hydroxylation is 1. The predicted molar refractivity (Wildman–Crippen MR) is 119 cm³/mol. The number of hydrogen-bond donors (Lipinski definition) is 0. The second-order valence-electron chi connectivity index (χ2n) is 7.61. The molecule has 0 atom stereocenters. The summed E-state index contributed by atoms with van der Waals surface area (Å²) < 4.78 is 28.1. The molecule has 1 aromatic carbocycles. The molecule has 3 heterocycles. The maximum Gasteiger partial charge on any atom is 0.270 e. The van der Waals surface area contributed by atoms with Gasteiger partial charge in [0.05, 0.1) is 4.90 Å². The number of carbonyl (C=O) groups excluding carboxylic acids is 1. The quantitative estimate of drug-likeness (QED) is 0.597. The Kier molecular flexibility index (Phi) is 5.67. The van der Waals surface area contributed by atoms with Crippen LogP contribution in [0.2, 0.25) is 0 Å². The number of anilines is 1. The van der Waals surface area contributed by atoms with Crippen molar-refractivity contribution in [3.05, 3.63) is 48.4 Å². The Morgan fingerprint density at radius 1 is 1.06 bits per heavy atom. The minimum atomic E-state index is -3.54. The van der Waals surface area contributed by atoms with E-state index in [1.54, 1.807) is 42.7 Å². The molecule has 1 aliphatic heterocycles. The molecular weight excluding hydrogens is 416 g/mol. The SMILES string of the molecule is CCn1c(C(=O)N2CCN(c3ncccn3)CC2)cc2cc(S(=O)(=O)N(C)C)ccc21. The van der Waals surface area contributed by atoms with Crippen molar-refractivity contribution in [1.82, 2.24) is 23.7 Å². The average Bonchev–Trinajstić information content (AvgIpc) is 3.17. The molecule has 1 fully saturated rings. The molecule has 2 aromatic heterocycles. The summed E-state index contributed by atoms with van der Waals surface area (Å²) in [6.07, 6.45) is 3.43. The number of benzene rings is 1. The Morgan fingerprint density at radius 2 is 1.74 bits per heavy atom. The summed E-state index contributed by atoms with van der Waals surface area (Å²) in [6.45, 7) is 5.05. The van der Waals surface area contributed by atoms with Crippen LogP contribution in [0, 0.1) is 0 Å². The van der Waals surface area contributed by atoms with E-state index in [2.05, 4.69) is 14.9 Å². The summed E-state index contributed by atoms with van der Waals surface area (Å²) in [7, 11) is -0.529. The maximum atomic E-state index is 13.3. The third kappa shape index (κ3) is 3.88. The lowest BCUT2D eigenvalue weighted by molar-refractivity contribution is 0.0736. The molecular formula is C21H26N6O3S. The summed E-state index contributed by atoms with van der Waals surface area (Å²) in [4.78, 5) is 26.0. The van der Waals surface area contributed by atoms with Crippen LogP contribution in [-0.2, 0) is 16.6 Å². The van der Waals surface area contributed by atoms with Crippen LogP contribution in [0.5, 0.6) is 0 Å². The highest BCUT2D eigenvalue weighted by atomic mass is 32.2. The molecule has 1 saturated heterocycles. The first kappa shape index (κ1) is 21.3. The van der Waals surface area contributed by atoms with Gasteiger partial charge in [0.2, 0.25) is 16.0 Å². The Hall–Kier alpha value is -2.98. The van der Waals surface area contributed by atoms with Crippen LogP contribution in [0.1, 0.15) is 17.4 Å². The van der Waals surface area contributed by atoms with E-state index in [4.69, 9.17) is 0 Å². The van der Waals surface area contributed by atoms with E-state index in [1.165, 1.54) is 18.4 Å². The monoisotopic (exact) mass is 442 g/mol. The van der Waals surface area contributed by atoms with Gasteiger partial charge in [-0.25, -0.2) is 22.7 Å². The largest absolute Gasteiger partial charge is 0.337 e. The highest BCUT2D eigenvalue weighted by molar-refractivity contribution is 7.89. The summed E-state index contributed by atoms with van der Waals surface area (Å²) in [5, 5.41) is 0.740. The van der Waals surface area contributed by atoms with E-state index in [1.807, 2.05) is 16.4 Å². The zero-order chi connectivity index (χ0) is 22.2. The number of hydrogen-bond acceptors (Lipinski definition) is 6. The van der Waals surface area contributed by atoms with Gasteiger partial charge in [-0.1, -0.05) is 0 Å².